The fourth-order valence-electron chi connectivity index (χ4n) is 3.70. The molecule has 0 fully saturated rings. The second-order valence-electron chi connectivity index (χ2n) is 8.02. The Morgan fingerprint density at radius 3 is 1.28 bits per heavy atom. The molecule has 3 rings (SSSR count). The van der Waals surface area contributed by atoms with Gasteiger partial charge < -0.3 is 0 Å². The van der Waals surface area contributed by atoms with Gasteiger partial charge in [0.1, 0.15) is 0 Å². The molecule has 29 heavy (non-hydrogen) atoms. The Hall–Kier alpha value is -0.900. The average molecular weight is 445 g/mol. The molecule has 0 aromatic carbocycles. The molecule has 0 nitrogen and oxygen atoms in total. The lowest BCUT2D eigenvalue weighted by molar-refractivity contribution is 0.634. The van der Waals surface area contributed by atoms with Gasteiger partial charge in [-0.2, -0.15) is 0 Å². The normalized spacial score (nSPS) is 11.4. The lowest BCUT2D eigenvalue weighted by atomic mass is 10.1. The van der Waals surface area contributed by atoms with Crippen LogP contribution in [0.15, 0.2) is 36.4 Å². The zero-order valence-electron chi connectivity index (χ0n) is 18.2. The van der Waals surface area contributed by atoms with Crippen molar-refractivity contribution >= 4 is 34.0 Å². The van der Waals surface area contributed by atoms with Crippen molar-refractivity contribution in [1.82, 2.24) is 0 Å². The van der Waals surface area contributed by atoms with Gasteiger partial charge in [0.2, 0.25) is 0 Å². The zero-order chi connectivity index (χ0) is 20.3. The molecule has 158 valence electrons. The van der Waals surface area contributed by atoms with Crippen molar-refractivity contribution in [2.24, 2.45) is 0 Å². The summed E-state index contributed by atoms with van der Waals surface area (Å²) in [6.45, 7) is 4.57. The van der Waals surface area contributed by atoms with E-state index in [0.717, 1.165) is 0 Å². The van der Waals surface area contributed by atoms with Gasteiger partial charge in [0.05, 0.1) is 0 Å². The monoisotopic (exact) mass is 444 g/mol. The van der Waals surface area contributed by atoms with Crippen LogP contribution >= 0.6 is 34.0 Å². The first kappa shape index (κ1) is 22.8. The minimum atomic E-state index is 1.25. The van der Waals surface area contributed by atoms with E-state index in [1.807, 2.05) is 34.0 Å². The van der Waals surface area contributed by atoms with E-state index in [0.29, 0.717) is 0 Å². The number of hydrogen-bond acceptors (Lipinski definition) is 3. The van der Waals surface area contributed by atoms with Gasteiger partial charge in [-0.05, 0) is 62.1 Å². The maximum atomic E-state index is 2.35. The SMILES string of the molecule is CCCCCCCc1ccc(-c2ccc(-c3ccc(CCCCCCC)s3)s2)s1. The van der Waals surface area contributed by atoms with Gasteiger partial charge in [-0.15, -0.1) is 34.0 Å². The highest BCUT2D eigenvalue weighted by Crippen LogP contribution is 2.40. The Kier molecular flexibility index (Phi) is 9.99. The van der Waals surface area contributed by atoms with Crippen LogP contribution in [0.2, 0.25) is 0 Å². The van der Waals surface area contributed by atoms with Crippen molar-refractivity contribution in [1.29, 1.82) is 0 Å². The first-order valence-corrected chi connectivity index (χ1v) is 14.0. The number of rotatable bonds is 14. The second-order valence-corrected chi connectivity index (χ2v) is 11.4. The first-order valence-electron chi connectivity index (χ1n) is 11.6. The third-order valence-corrected chi connectivity index (χ3v) is 9.24. The first-order chi connectivity index (χ1) is 14.3. The number of unbranched alkanes of at least 4 members (excludes halogenated alkanes) is 8. The van der Waals surface area contributed by atoms with Crippen LogP contribution in [0.5, 0.6) is 0 Å². The minimum absolute atomic E-state index is 1.25. The molecule has 0 unspecified atom stereocenters. The summed E-state index contributed by atoms with van der Waals surface area (Å²) in [5, 5.41) is 0. The van der Waals surface area contributed by atoms with Gasteiger partial charge >= 0.3 is 0 Å². The molecule has 0 spiro atoms. The smallest absolute Gasteiger partial charge is 0.0449 e. The summed E-state index contributed by atoms with van der Waals surface area (Å²) in [6.07, 6.45) is 16.1. The van der Waals surface area contributed by atoms with Crippen molar-refractivity contribution in [3.63, 3.8) is 0 Å². The van der Waals surface area contributed by atoms with Gasteiger partial charge in [0.25, 0.3) is 0 Å². The Bertz CT molecular complexity index is 754. The van der Waals surface area contributed by atoms with E-state index in [9.17, 15) is 0 Å². The standard InChI is InChI=1S/C26H36S3/c1-3-5-7-9-11-13-21-15-17-23(27-21)25-19-20-26(29-25)24-18-16-22(28-24)14-12-10-8-6-4-2/h15-20H,3-14H2,1-2H3. The molecule has 3 aromatic heterocycles. The molecule has 0 aliphatic carbocycles. The lowest BCUT2D eigenvalue weighted by Crippen LogP contribution is -1.81. The highest BCUT2D eigenvalue weighted by atomic mass is 32.1. The highest BCUT2D eigenvalue weighted by molar-refractivity contribution is 7.26. The molecule has 0 atom stereocenters. The minimum Gasteiger partial charge on any atom is -0.139 e. The maximum Gasteiger partial charge on any atom is 0.0449 e. The van der Waals surface area contributed by atoms with Crippen molar-refractivity contribution in [3.05, 3.63) is 46.2 Å². The summed E-state index contributed by atoms with van der Waals surface area (Å²) in [6, 6.07) is 14.0. The fraction of sp³-hybridized carbons (Fsp3) is 0.538. The van der Waals surface area contributed by atoms with Crippen LogP contribution in [-0.4, -0.2) is 0 Å². The van der Waals surface area contributed by atoms with Gasteiger partial charge in [-0.1, -0.05) is 65.2 Å². The van der Waals surface area contributed by atoms with Crippen LogP contribution in [0.25, 0.3) is 19.5 Å². The van der Waals surface area contributed by atoms with Gasteiger partial charge in [0.15, 0.2) is 0 Å². The quantitative estimate of drug-likeness (QED) is 0.217. The van der Waals surface area contributed by atoms with Gasteiger partial charge in [-0.3, -0.25) is 0 Å². The van der Waals surface area contributed by atoms with Crippen LogP contribution in [0, 0.1) is 0 Å². The Morgan fingerprint density at radius 1 is 0.448 bits per heavy atom. The lowest BCUT2D eigenvalue weighted by Gasteiger charge is -1.98. The summed E-state index contributed by atoms with van der Waals surface area (Å²) in [7, 11) is 0. The van der Waals surface area contributed by atoms with E-state index in [2.05, 4.69) is 50.2 Å². The van der Waals surface area contributed by atoms with Crippen LogP contribution in [0.4, 0.5) is 0 Å². The van der Waals surface area contributed by atoms with E-state index in [4.69, 9.17) is 0 Å². The van der Waals surface area contributed by atoms with E-state index in [-0.39, 0.29) is 0 Å². The number of hydrogen-bond donors (Lipinski definition) is 0. The summed E-state index contributed by atoms with van der Waals surface area (Å²) in [5.41, 5.74) is 0. The van der Waals surface area contributed by atoms with E-state index in [1.54, 1.807) is 9.75 Å². The molecule has 0 aliphatic heterocycles. The topological polar surface area (TPSA) is 0 Å². The van der Waals surface area contributed by atoms with E-state index < -0.39 is 0 Å². The predicted molar refractivity (Wildman–Crippen MR) is 136 cm³/mol. The van der Waals surface area contributed by atoms with Crippen molar-refractivity contribution in [2.45, 2.75) is 90.9 Å². The van der Waals surface area contributed by atoms with Crippen LogP contribution in [0.1, 0.15) is 87.8 Å². The Balaban J connectivity index is 1.50. The predicted octanol–water partition coefficient (Wildman–Crippen LogP) is 10.2. The Labute approximate surface area is 190 Å². The van der Waals surface area contributed by atoms with Crippen molar-refractivity contribution in [3.8, 4) is 19.5 Å². The molecule has 0 aliphatic rings. The third-order valence-electron chi connectivity index (χ3n) is 5.47. The van der Waals surface area contributed by atoms with Crippen molar-refractivity contribution < 1.29 is 0 Å². The van der Waals surface area contributed by atoms with Crippen LogP contribution < -0.4 is 0 Å². The molecular weight excluding hydrogens is 408 g/mol. The fourth-order valence-corrected chi connectivity index (χ4v) is 6.98. The summed E-state index contributed by atoms with van der Waals surface area (Å²) in [5.74, 6) is 0. The summed E-state index contributed by atoms with van der Waals surface area (Å²) in [4.78, 5) is 8.84. The average Bonchev–Trinajstić information content (AvgIpc) is 3.47. The van der Waals surface area contributed by atoms with Crippen molar-refractivity contribution in [2.75, 3.05) is 0 Å². The summed E-state index contributed by atoms with van der Waals surface area (Å²) >= 11 is 5.95. The molecule has 3 aromatic rings. The maximum absolute atomic E-state index is 2.35. The molecular formula is C26H36S3. The second kappa shape index (κ2) is 12.7. The van der Waals surface area contributed by atoms with E-state index in [1.165, 1.54) is 96.6 Å². The number of thiophene rings is 3. The third kappa shape index (κ3) is 7.38. The molecule has 0 N–H and O–H groups in total. The molecule has 3 heteroatoms. The highest BCUT2D eigenvalue weighted by Gasteiger charge is 2.10. The van der Waals surface area contributed by atoms with Gasteiger partial charge in [-0.25, -0.2) is 0 Å². The molecule has 0 radical (unpaired) electrons. The summed E-state index contributed by atoms with van der Waals surface area (Å²) < 4.78 is 0. The Morgan fingerprint density at radius 2 is 0.828 bits per heavy atom. The molecule has 0 saturated carbocycles. The molecule has 0 saturated heterocycles. The largest absolute Gasteiger partial charge is 0.139 e. The zero-order valence-corrected chi connectivity index (χ0v) is 20.6. The van der Waals surface area contributed by atoms with Crippen LogP contribution in [0.3, 0.4) is 0 Å². The molecule has 0 amide bonds. The molecule has 0 bridgehead atoms. The number of aryl methyl sites for hydroxylation is 2. The van der Waals surface area contributed by atoms with E-state index >= 15 is 0 Å². The van der Waals surface area contributed by atoms with Gasteiger partial charge in [0, 0.05) is 29.3 Å². The van der Waals surface area contributed by atoms with Crippen LogP contribution in [-0.2, 0) is 12.8 Å². The molecule has 3 heterocycles.